The van der Waals surface area contributed by atoms with Crippen LogP contribution >= 0.6 is 0 Å². The molecule has 2 aliphatic heterocycles. The van der Waals surface area contributed by atoms with Crippen LogP contribution in [-0.2, 0) is 6.18 Å². The van der Waals surface area contributed by atoms with Gasteiger partial charge in [0.2, 0.25) is 0 Å². The lowest BCUT2D eigenvalue weighted by Crippen LogP contribution is -2.48. The van der Waals surface area contributed by atoms with E-state index >= 15 is 0 Å². The van der Waals surface area contributed by atoms with Crippen molar-refractivity contribution < 1.29 is 17.9 Å². The van der Waals surface area contributed by atoms with Gasteiger partial charge in [-0.1, -0.05) is 32.0 Å². The van der Waals surface area contributed by atoms with Gasteiger partial charge in [-0.05, 0) is 67.6 Å². The Morgan fingerprint density at radius 2 is 1.26 bits per heavy atom. The molecule has 6 rings (SSSR count). The molecule has 2 aliphatic rings. The summed E-state index contributed by atoms with van der Waals surface area (Å²) in [6.07, 6.45) is -0.0545. The van der Waals surface area contributed by atoms with E-state index in [1.165, 1.54) is 12.1 Å². The van der Waals surface area contributed by atoms with Gasteiger partial charge in [-0.3, -0.25) is 9.80 Å². The second-order valence-corrected chi connectivity index (χ2v) is 13.6. The summed E-state index contributed by atoms with van der Waals surface area (Å²) in [4.78, 5) is 21.8. The third kappa shape index (κ3) is 13.3. The molecule has 0 N–H and O–H groups in total. The Bertz CT molecular complexity index is 1900. The first-order chi connectivity index (χ1) is 27.6. The minimum atomic E-state index is -4.31. The Balaban J connectivity index is 0.000000243. The van der Waals surface area contributed by atoms with Crippen molar-refractivity contribution in [2.45, 2.75) is 26.4 Å². The fraction of sp³-hybridized carbons (Fsp3) is 0.442. The van der Waals surface area contributed by atoms with Gasteiger partial charge in [0.15, 0.2) is 11.6 Å². The number of piperazine rings is 2. The van der Waals surface area contributed by atoms with Crippen LogP contribution < -0.4 is 24.3 Å². The molecule has 4 aromatic rings. The summed E-state index contributed by atoms with van der Waals surface area (Å²) >= 11 is 0. The third-order valence-electron chi connectivity index (χ3n) is 10.0. The summed E-state index contributed by atoms with van der Waals surface area (Å²) < 4.78 is 44.1. The van der Waals surface area contributed by atoms with E-state index in [1.807, 2.05) is 68.3 Å². The maximum absolute atomic E-state index is 12.9. The van der Waals surface area contributed by atoms with E-state index in [-0.39, 0.29) is 0 Å². The van der Waals surface area contributed by atoms with Gasteiger partial charge in [0.1, 0.15) is 6.33 Å². The Hall–Kier alpha value is -5.57. The first-order valence-electron chi connectivity index (χ1n) is 19.5. The minimum Gasteiger partial charge on any atom is -0.491 e. The van der Waals surface area contributed by atoms with Gasteiger partial charge < -0.3 is 24.3 Å². The van der Waals surface area contributed by atoms with Crippen molar-refractivity contribution in [2.24, 2.45) is 0 Å². The van der Waals surface area contributed by atoms with Crippen molar-refractivity contribution >= 4 is 22.9 Å². The van der Waals surface area contributed by atoms with E-state index in [4.69, 9.17) is 15.3 Å². The SMILES string of the molecule is CC.CN(CCCN1CCN(c2cccc(C(F)(F)F)c2)CC1)c1cccc(C#N)c1.COc1cncnc1N1CCN(CCN(C)c2cccc(C#N)c2)CC1. The Morgan fingerprint density at radius 1 is 0.719 bits per heavy atom. The number of rotatable bonds is 12. The van der Waals surface area contributed by atoms with Gasteiger partial charge in [0, 0.05) is 103 Å². The Morgan fingerprint density at radius 3 is 1.82 bits per heavy atom. The van der Waals surface area contributed by atoms with Gasteiger partial charge >= 0.3 is 6.18 Å². The van der Waals surface area contributed by atoms with Crippen LogP contribution in [0.5, 0.6) is 5.75 Å². The van der Waals surface area contributed by atoms with Crippen LogP contribution in [0.25, 0.3) is 0 Å². The highest BCUT2D eigenvalue weighted by Gasteiger charge is 2.31. The average Bonchev–Trinajstić information content (AvgIpc) is 3.26. The molecule has 3 aromatic carbocycles. The van der Waals surface area contributed by atoms with Crippen LogP contribution in [0.2, 0.25) is 0 Å². The van der Waals surface area contributed by atoms with E-state index < -0.39 is 11.7 Å². The highest BCUT2D eigenvalue weighted by atomic mass is 19.4. The van der Waals surface area contributed by atoms with E-state index in [1.54, 1.807) is 31.8 Å². The molecule has 0 bridgehead atoms. The largest absolute Gasteiger partial charge is 0.491 e. The van der Waals surface area contributed by atoms with Crippen molar-refractivity contribution in [3.05, 3.63) is 102 Å². The van der Waals surface area contributed by atoms with Gasteiger partial charge in [-0.25, -0.2) is 9.97 Å². The fourth-order valence-corrected chi connectivity index (χ4v) is 6.69. The smallest absolute Gasteiger partial charge is 0.416 e. The normalized spacial score (nSPS) is 14.6. The van der Waals surface area contributed by atoms with Crippen molar-refractivity contribution in [1.82, 2.24) is 19.8 Å². The number of benzene rings is 3. The molecule has 0 saturated carbocycles. The summed E-state index contributed by atoms with van der Waals surface area (Å²) in [5.41, 5.74) is 3.49. The molecule has 304 valence electrons. The number of aromatic nitrogens is 2. The molecule has 57 heavy (non-hydrogen) atoms. The van der Waals surface area contributed by atoms with E-state index in [2.05, 4.69) is 53.7 Å². The van der Waals surface area contributed by atoms with Crippen LogP contribution in [-0.4, -0.2) is 120 Å². The van der Waals surface area contributed by atoms with Crippen LogP contribution in [0.15, 0.2) is 85.3 Å². The minimum absolute atomic E-state index is 0.596. The van der Waals surface area contributed by atoms with E-state index in [0.29, 0.717) is 16.8 Å². The second-order valence-electron chi connectivity index (χ2n) is 13.6. The second kappa shape index (κ2) is 22.2. The summed E-state index contributed by atoms with van der Waals surface area (Å²) in [5.74, 6) is 1.59. The van der Waals surface area contributed by atoms with Crippen LogP contribution in [0, 0.1) is 22.7 Å². The summed E-state index contributed by atoms with van der Waals surface area (Å²) in [7, 11) is 5.73. The number of hydrogen-bond donors (Lipinski definition) is 0. The van der Waals surface area contributed by atoms with Crippen molar-refractivity contribution in [2.75, 3.05) is 119 Å². The number of nitrogens with zero attached hydrogens (tertiary/aromatic N) is 10. The van der Waals surface area contributed by atoms with Crippen LogP contribution in [0.1, 0.15) is 37.0 Å². The molecule has 0 amide bonds. The molecular weight excluding hydrogens is 730 g/mol. The number of alkyl halides is 3. The molecule has 11 nitrogen and oxygen atoms in total. The zero-order chi connectivity index (χ0) is 41.2. The molecule has 0 unspecified atom stereocenters. The Labute approximate surface area is 336 Å². The number of ether oxygens (including phenoxy) is 1. The molecule has 0 spiro atoms. The summed E-state index contributed by atoms with van der Waals surface area (Å²) in [5, 5.41) is 18.0. The molecule has 3 heterocycles. The maximum Gasteiger partial charge on any atom is 0.416 e. The average molecular weight is 785 g/mol. The predicted octanol–water partition coefficient (Wildman–Crippen LogP) is 6.87. The lowest BCUT2D eigenvalue weighted by atomic mass is 10.1. The predicted molar refractivity (Wildman–Crippen MR) is 222 cm³/mol. The standard InChI is InChI=1S/C22H25F3N4.C19H24N6O.C2H6/c1-27(20-7-2-5-18(15-20)17-26)9-4-10-28-11-13-29(14-12-28)21-8-3-6-19(16-21)22(23,24)25;1-23(17-5-3-4-16(12-17)13-20)6-7-24-8-10-25(11-9-24)19-18(26-2)14-21-15-22-19;1-2/h2-3,5-8,15-16H,4,9-14H2,1H3;3-5,12,14-15H,6-11H2,1-2H3;1-2H3. The molecular formula is C43H55F3N10O. The molecule has 1 aromatic heterocycles. The quantitative estimate of drug-likeness (QED) is 0.151. The van der Waals surface area contributed by atoms with Crippen molar-refractivity contribution in [3.8, 4) is 17.9 Å². The molecule has 0 aliphatic carbocycles. The molecule has 0 radical (unpaired) electrons. The first kappa shape index (κ1) is 44.1. The summed E-state index contributed by atoms with van der Waals surface area (Å²) in [6, 6.07) is 25.2. The maximum atomic E-state index is 12.9. The van der Waals surface area contributed by atoms with Crippen molar-refractivity contribution in [3.63, 3.8) is 0 Å². The number of nitriles is 2. The zero-order valence-electron chi connectivity index (χ0n) is 33.8. The number of likely N-dealkylation sites (N-methyl/N-ethyl adjacent to an activating group) is 1. The van der Waals surface area contributed by atoms with Gasteiger partial charge in [-0.2, -0.15) is 23.7 Å². The number of methoxy groups -OCH3 is 1. The monoisotopic (exact) mass is 784 g/mol. The number of halogens is 3. The number of anilines is 4. The first-order valence-corrected chi connectivity index (χ1v) is 19.5. The molecule has 0 atom stereocenters. The highest BCUT2D eigenvalue weighted by molar-refractivity contribution is 5.53. The zero-order valence-corrected chi connectivity index (χ0v) is 33.8. The lowest BCUT2D eigenvalue weighted by molar-refractivity contribution is -0.137. The van der Waals surface area contributed by atoms with Crippen LogP contribution in [0.4, 0.5) is 36.1 Å². The van der Waals surface area contributed by atoms with Crippen LogP contribution in [0.3, 0.4) is 0 Å². The molecule has 2 fully saturated rings. The van der Waals surface area contributed by atoms with Gasteiger partial charge in [0.25, 0.3) is 0 Å². The van der Waals surface area contributed by atoms with E-state index in [0.717, 1.165) is 114 Å². The summed E-state index contributed by atoms with van der Waals surface area (Å²) in [6.45, 7) is 14.7. The van der Waals surface area contributed by atoms with Gasteiger partial charge in [-0.15, -0.1) is 0 Å². The lowest BCUT2D eigenvalue weighted by Gasteiger charge is -2.36. The Kier molecular flexibility index (Phi) is 17.2. The third-order valence-corrected chi connectivity index (χ3v) is 10.0. The van der Waals surface area contributed by atoms with Crippen molar-refractivity contribution in [1.29, 1.82) is 10.5 Å². The molecule has 2 saturated heterocycles. The number of hydrogen-bond acceptors (Lipinski definition) is 11. The molecule has 14 heteroatoms. The van der Waals surface area contributed by atoms with Gasteiger partial charge in [0.05, 0.1) is 42.1 Å². The topological polar surface area (TPSA) is 102 Å². The fourth-order valence-electron chi connectivity index (χ4n) is 6.69. The highest BCUT2D eigenvalue weighted by Crippen LogP contribution is 2.32. The van der Waals surface area contributed by atoms with E-state index in [9.17, 15) is 13.2 Å².